The number of ketones is 1. The number of Topliss-reactive ketones (excluding diaryl/α,β-unsaturated/α-hetero) is 1. The van der Waals surface area contributed by atoms with Gasteiger partial charge in [0.25, 0.3) is 0 Å². The summed E-state index contributed by atoms with van der Waals surface area (Å²) in [6.45, 7) is 7.42. The third-order valence-electron chi connectivity index (χ3n) is 4.03. The molecule has 1 heterocycles. The predicted octanol–water partition coefficient (Wildman–Crippen LogP) is 2.28. The SMILES string of the molecule is CC1CN(C)CCCN1C(C)C(=O)c1ccccc1. The molecule has 1 aliphatic heterocycles. The van der Waals surface area contributed by atoms with Gasteiger partial charge in [0.2, 0.25) is 0 Å². The topological polar surface area (TPSA) is 23.6 Å². The van der Waals surface area contributed by atoms with Crippen LogP contribution in [0.25, 0.3) is 0 Å². The molecule has 0 N–H and O–H groups in total. The highest BCUT2D eigenvalue weighted by molar-refractivity contribution is 5.99. The van der Waals surface area contributed by atoms with E-state index in [-0.39, 0.29) is 11.8 Å². The zero-order valence-electron chi connectivity index (χ0n) is 12.2. The maximum absolute atomic E-state index is 12.5. The average molecular weight is 260 g/mol. The first-order valence-electron chi connectivity index (χ1n) is 7.13. The van der Waals surface area contributed by atoms with Crippen LogP contribution in [-0.4, -0.2) is 54.3 Å². The Bertz CT molecular complexity index is 418. The van der Waals surface area contributed by atoms with Gasteiger partial charge in [-0.3, -0.25) is 9.69 Å². The quantitative estimate of drug-likeness (QED) is 0.779. The van der Waals surface area contributed by atoms with Crippen molar-refractivity contribution in [2.24, 2.45) is 0 Å². The van der Waals surface area contributed by atoms with Gasteiger partial charge in [0.1, 0.15) is 0 Å². The molecule has 1 fully saturated rings. The first-order valence-corrected chi connectivity index (χ1v) is 7.13. The van der Waals surface area contributed by atoms with E-state index in [4.69, 9.17) is 0 Å². The van der Waals surface area contributed by atoms with Gasteiger partial charge in [0.05, 0.1) is 6.04 Å². The van der Waals surface area contributed by atoms with Crippen molar-refractivity contribution < 1.29 is 4.79 Å². The van der Waals surface area contributed by atoms with Crippen LogP contribution in [0.2, 0.25) is 0 Å². The second-order valence-corrected chi connectivity index (χ2v) is 5.61. The minimum atomic E-state index is -0.0381. The van der Waals surface area contributed by atoms with E-state index in [0.717, 1.165) is 31.6 Å². The average Bonchev–Trinajstić information content (AvgIpc) is 2.58. The van der Waals surface area contributed by atoms with Gasteiger partial charge < -0.3 is 4.90 Å². The Balaban J connectivity index is 2.10. The smallest absolute Gasteiger partial charge is 0.179 e. The summed E-state index contributed by atoms with van der Waals surface area (Å²) in [6.07, 6.45) is 1.13. The molecular formula is C16H24N2O. The highest BCUT2D eigenvalue weighted by atomic mass is 16.1. The summed E-state index contributed by atoms with van der Waals surface area (Å²) in [7, 11) is 2.16. The van der Waals surface area contributed by atoms with Crippen molar-refractivity contribution in [2.45, 2.75) is 32.4 Å². The lowest BCUT2D eigenvalue weighted by Crippen LogP contribution is -2.46. The highest BCUT2D eigenvalue weighted by Gasteiger charge is 2.28. The number of carbonyl (C=O) groups excluding carboxylic acids is 1. The highest BCUT2D eigenvalue weighted by Crippen LogP contribution is 2.16. The zero-order valence-corrected chi connectivity index (χ0v) is 12.2. The number of carbonyl (C=O) groups is 1. The van der Waals surface area contributed by atoms with Crippen LogP contribution in [0.4, 0.5) is 0 Å². The van der Waals surface area contributed by atoms with E-state index in [9.17, 15) is 4.79 Å². The van der Waals surface area contributed by atoms with E-state index in [1.807, 2.05) is 37.3 Å². The fourth-order valence-corrected chi connectivity index (χ4v) is 2.96. The Morgan fingerprint density at radius 3 is 2.63 bits per heavy atom. The summed E-state index contributed by atoms with van der Waals surface area (Å²) in [4.78, 5) is 17.2. The number of rotatable bonds is 3. The molecule has 1 aliphatic rings. The fraction of sp³-hybridized carbons (Fsp3) is 0.562. The van der Waals surface area contributed by atoms with Crippen LogP contribution >= 0.6 is 0 Å². The summed E-state index contributed by atoms with van der Waals surface area (Å²) in [5.41, 5.74) is 0.819. The first kappa shape index (κ1) is 14.2. The van der Waals surface area contributed by atoms with Gasteiger partial charge in [-0.25, -0.2) is 0 Å². The van der Waals surface area contributed by atoms with Crippen molar-refractivity contribution >= 4 is 5.78 Å². The van der Waals surface area contributed by atoms with Gasteiger partial charge >= 0.3 is 0 Å². The molecule has 0 amide bonds. The summed E-state index contributed by atoms with van der Waals surface area (Å²) >= 11 is 0. The molecule has 0 saturated carbocycles. The molecule has 2 unspecified atom stereocenters. The second-order valence-electron chi connectivity index (χ2n) is 5.61. The minimum Gasteiger partial charge on any atom is -0.305 e. The Morgan fingerprint density at radius 2 is 1.95 bits per heavy atom. The monoisotopic (exact) mass is 260 g/mol. The molecule has 1 aromatic carbocycles. The maximum atomic E-state index is 12.5. The van der Waals surface area contributed by atoms with Gasteiger partial charge in [-0.1, -0.05) is 30.3 Å². The molecule has 0 aromatic heterocycles. The molecule has 1 aromatic rings. The molecular weight excluding hydrogens is 236 g/mol. The molecule has 0 aliphatic carbocycles. The fourth-order valence-electron chi connectivity index (χ4n) is 2.96. The minimum absolute atomic E-state index is 0.0381. The molecule has 2 atom stereocenters. The van der Waals surface area contributed by atoms with E-state index in [0.29, 0.717) is 6.04 Å². The predicted molar refractivity (Wildman–Crippen MR) is 78.5 cm³/mol. The van der Waals surface area contributed by atoms with Crippen molar-refractivity contribution in [1.82, 2.24) is 9.80 Å². The summed E-state index contributed by atoms with van der Waals surface area (Å²) in [6, 6.07) is 10.0. The number of hydrogen-bond acceptors (Lipinski definition) is 3. The van der Waals surface area contributed by atoms with Gasteiger partial charge in [-0.05, 0) is 33.9 Å². The standard InChI is InChI=1S/C16H24N2O/c1-13-12-17(3)10-7-11-18(13)14(2)16(19)15-8-5-4-6-9-15/h4-6,8-9,13-14H,7,10-12H2,1-3H3. The van der Waals surface area contributed by atoms with E-state index in [1.54, 1.807) is 0 Å². The summed E-state index contributed by atoms with van der Waals surface area (Å²) in [5, 5.41) is 0. The normalized spacial score (nSPS) is 23.8. The molecule has 3 heteroatoms. The van der Waals surface area contributed by atoms with E-state index < -0.39 is 0 Å². The van der Waals surface area contributed by atoms with Gasteiger partial charge in [0, 0.05) is 24.7 Å². The van der Waals surface area contributed by atoms with E-state index in [2.05, 4.69) is 23.8 Å². The third kappa shape index (κ3) is 3.43. The van der Waals surface area contributed by atoms with Crippen LogP contribution in [0.15, 0.2) is 30.3 Å². The Labute approximate surface area is 116 Å². The van der Waals surface area contributed by atoms with Crippen molar-refractivity contribution in [1.29, 1.82) is 0 Å². The van der Waals surface area contributed by atoms with Crippen LogP contribution in [0.5, 0.6) is 0 Å². The number of benzene rings is 1. The Morgan fingerprint density at radius 1 is 1.26 bits per heavy atom. The summed E-state index contributed by atoms with van der Waals surface area (Å²) in [5.74, 6) is 0.233. The lowest BCUT2D eigenvalue weighted by atomic mass is 10.0. The van der Waals surface area contributed by atoms with Crippen LogP contribution in [0.3, 0.4) is 0 Å². The number of hydrogen-bond donors (Lipinski definition) is 0. The van der Waals surface area contributed by atoms with Crippen LogP contribution in [0.1, 0.15) is 30.6 Å². The van der Waals surface area contributed by atoms with Gasteiger partial charge in [0.15, 0.2) is 5.78 Å². The number of nitrogens with zero attached hydrogens (tertiary/aromatic N) is 2. The Hall–Kier alpha value is -1.19. The van der Waals surface area contributed by atoms with Gasteiger partial charge in [-0.15, -0.1) is 0 Å². The maximum Gasteiger partial charge on any atom is 0.179 e. The third-order valence-corrected chi connectivity index (χ3v) is 4.03. The molecule has 104 valence electrons. The lowest BCUT2D eigenvalue weighted by molar-refractivity contribution is 0.0778. The molecule has 2 rings (SSSR count). The van der Waals surface area contributed by atoms with Crippen molar-refractivity contribution in [2.75, 3.05) is 26.7 Å². The molecule has 0 bridgehead atoms. The molecule has 19 heavy (non-hydrogen) atoms. The van der Waals surface area contributed by atoms with Crippen molar-refractivity contribution in [3.05, 3.63) is 35.9 Å². The van der Waals surface area contributed by atoms with Crippen LogP contribution in [0, 0.1) is 0 Å². The van der Waals surface area contributed by atoms with E-state index in [1.165, 1.54) is 0 Å². The molecule has 0 spiro atoms. The van der Waals surface area contributed by atoms with Crippen molar-refractivity contribution in [3.63, 3.8) is 0 Å². The largest absolute Gasteiger partial charge is 0.305 e. The lowest BCUT2D eigenvalue weighted by Gasteiger charge is -2.32. The van der Waals surface area contributed by atoms with Gasteiger partial charge in [-0.2, -0.15) is 0 Å². The second kappa shape index (κ2) is 6.31. The van der Waals surface area contributed by atoms with Crippen LogP contribution < -0.4 is 0 Å². The Kier molecular flexibility index (Phi) is 4.72. The van der Waals surface area contributed by atoms with Crippen LogP contribution in [-0.2, 0) is 0 Å². The van der Waals surface area contributed by atoms with E-state index >= 15 is 0 Å². The molecule has 1 saturated heterocycles. The molecule has 0 radical (unpaired) electrons. The number of likely N-dealkylation sites (N-methyl/N-ethyl adjacent to an activating group) is 1. The molecule has 3 nitrogen and oxygen atoms in total. The van der Waals surface area contributed by atoms with Crippen molar-refractivity contribution in [3.8, 4) is 0 Å². The first-order chi connectivity index (χ1) is 9.09. The summed E-state index contributed by atoms with van der Waals surface area (Å²) < 4.78 is 0. The zero-order chi connectivity index (χ0) is 13.8.